The highest BCUT2D eigenvalue weighted by molar-refractivity contribution is 9.10. The van der Waals surface area contributed by atoms with Crippen molar-refractivity contribution in [2.24, 2.45) is 0 Å². The molecule has 0 radical (unpaired) electrons. The van der Waals surface area contributed by atoms with Crippen molar-refractivity contribution in [1.82, 2.24) is 4.90 Å². The third-order valence-corrected chi connectivity index (χ3v) is 4.65. The first-order chi connectivity index (χ1) is 12.4. The summed E-state index contributed by atoms with van der Waals surface area (Å²) in [4.78, 5) is 29.0. The van der Waals surface area contributed by atoms with Gasteiger partial charge in [-0.15, -0.1) is 0 Å². The third-order valence-electron chi connectivity index (χ3n) is 4.12. The van der Waals surface area contributed by atoms with E-state index < -0.39 is 0 Å². The lowest BCUT2D eigenvalue weighted by Crippen LogP contribution is -2.31. The quantitative estimate of drug-likeness (QED) is 0.763. The standard InChI is InChI=1S/C20H24BrN3O2/c1-5-24(6-2)20(26)17-13-16(11-12-18(17)23(3)4)22-19(25)14-7-9-15(21)10-8-14/h7-13H,5-6H2,1-4H3,(H,22,25). The molecule has 0 fully saturated rings. The van der Waals surface area contributed by atoms with Crippen LogP contribution in [0.1, 0.15) is 34.6 Å². The van der Waals surface area contributed by atoms with E-state index in [2.05, 4.69) is 21.2 Å². The molecule has 1 N–H and O–H groups in total. The largest absolute Gasteiger partial charge is 0.377 e. The van der Waals surface area contributed by atoms with Gasteiger partial charge in [-0.2, -0.15) is 0 Å². The van der Waals surface area contributed by atoms with E-state index in [1.165, 1.54) is 0 Å². The van der Waals surface area contributed by atoms with E-state index in [0.29, 0.717) is 29.9 Å². The summed E-state index contributed by atoms with van der Waals surface area (Å²) in [6.07, 6.45) is 0. The summed E-state index contributed by atoms with van der Waals surface area (Å²) in [5.74, 6) is -0.255. The fraction of sp³-hybridized carbons (Fsp3) is 0.300. The molecule has 0 spiro atoms. The number of carbonyl (C=O) groups is 2. The number of anilines is 2. The van der Waals surface area contributed by atoms with E-state index in [1.54, 1.807) is 23.1 Å². The smallest absolute Gasteiger partial charge is 0.256 e. The van der Waals surface area contributed by atoms with E-state index in [-0.39, 0.29) is 11.8 Å². The first-order valence-corrected chi connectivity index (χ1v) is 9.34. The lowest BCUT2D eigenvalue weighted by atomic mass is 10.1. The number of nitrogens with zero attached hydrogens (tertiary/aromatic N) is 2. The van der Waals surface area contributed by atoms with Crippen LogP contribution in [-0.2, 0) is 0 Å². The van der Waals surface area contributed by atoms with Crippen LogP contribution in [-0.4, -0.2) is 43.9 Å². The third kappa shape index (κ3) is 4.64. The summed E-state index contributed by atoms with van der Waals surface area (Å²) >= 11 is 3.36. The first kappa shape index (κ1) is 20.0. The fourth-order valence-electron chi connectivity index (χ4n) is 2.66. The summed E-state index contributed by atoms with van der Waals surface area (Å²) in [7, 11) is 3.79. The SMILES string of the molecule is CCN(CC)C(=O)c1cc(NC(=O)c2ccc(Br)cc2)ccc1N(C)C. The van der Waals surface area contributed by atoms with Crippen molar-refractivity contribution < 1.29 is 9.59 Å². The van der Waals surface area contributed by atoms with Crippen LogP contribution in [0.5, 0.6) is 0 Å². The average Bonchev–Trinajstić information content (AvgIpc) is 2.62. The second-order valence-electron chi connectivity index (χ2n) is 6.06. The van der Waals surface area contributed by atoms with Crippen molar-refractivity contribution in [3.63, 3.8) is 0 Å². The highest BCUT2D eigenvalue weighted by Crippen LogP contribution is 2.25. The zero-order valence-corrected chi connectivity index (χ0v) is 17.1. The van der Waals surface area contributed by atoms with Gasteiger partial charge in [-0.3, -0.25) is 9.59 Å². The molecule has 0 saturated carbocycles. The number of benzene rings is 2. The van der Waals surface area contributed by atoms with Gasteiger partial charge in [0.15, 0.2) is 0 Å². The molecule has 0 aliphatic heterocycles. The lowest BCUT2D eigenvalue weighted by Gasteiger charge is -2.23. The maximum atomic E-state index is 12.9. The van der Waals surface area contributed by atoms with E-state index >= 15 is 0 Å². The molecule has 5 nitrogen and oxygen atoms in total. The maximum absolute atomic E-state index is 12.9. The predicted molar refractivity (Wildman–Crippen MR) is 110 cm³/mol. The van der Waals surface area contributed by atoms with Crippen molar-refractivity contribution in [2.75, 3.05) is 37.4 Å². The summed E-state index contributed by atoms with van der Waals surface area (Å²) in [5, 5.41) is 2.87. The Labute approximate surface area is 163 Å². The Bertz CT molecular complexity index is 784. The molecule has 2 aromatic rings. The van der Waals surface area contributed by atoms with Gasteiger partial charge >= 0.3 is 0 Å². The van der Waals surface area contributed by atoms with Gasteiger partial charge in [0.25, 0.3) is 11.8 Å². The molecular formula is C20H24BrN3O2. The van der Waals surface area contributed by atoms with Crippen molar-refractivity contribution in [3.05, 3.63) is 58.1 Å². The van der Waals surface area contributed by atoms with Gasteiger partial charge in [0.2, 0.25) is 0 Å². The van der Waals surface area contributed by atoms with Crippen LogP contribution in [0.4, 0.5) is 11.4 Å². The Morgan fingerprint density at radius 2 is 1.62 bits per heavy atom. The fourth-order valence-corrected chi connectivity index (χ4v) is 2.93. The minimum absolute atomic E-state index is 0.0431. The van der Waals surface area contributed by atoms with Crippen LogP contribution in [0.3, 0.4) is 0 Å². The number of carbonyl (C=O) groups excluding carboxylic acids is 2. The van der Waals surface area contributed by atoms with Crippen molar-refractivity contribution in [3.8, 4) is 0 Å². The summed E-state index contributed by atoms with van der Waals surface area (Å²) in [6.45, 7) is 5.18. The van der Waals surface area contributed by atoms with E-state index in [1.807, 2.05) is 57.1 Å². The minimum atomic E-state index is -0.212. The molecule has 26 heavy (non-hydrogen) atoms. The molecule has 6 heteroatoms. The van der Waals surface area contributed by atoms with E-state index in [9.17, 15) is 9.59 Å². The average molecular weight is 418 g/mol. The Morgan fingerprint density at radius 3 is 2.15 bits per heavy atom. The van der Waals surface area contributed by atoms with Crippen LogP contribution < -0.4 is 10.2 Å². The molecule has 0 aromatic heterocycles. The van der Waals surface area contributed by atoms with Crippen LogP contribution in [0.2, 0.25) is 0 Å². The Balaban J connectivity index is 2.32. The van der Waals surface area contributed by atoms with Gasteiger partial charge in [0.1, 0.15) is 0 Å². The van der Waals surface area contributed by atoms with Crippen LogP contribution in [0.15, 0.2) is 46.9 Å². The normalized spacial score (nSPS) is 10.3. The van der Waals surface area contributed by atoms with Crippen LogP contribution >= 0.6 is 15.9 Å². The van der Waals surface area contributed by atoms with Crippen molar-refractivity contribution >= 4 is 39.1 Å². The Morgan fingerprint density at radius 1 is 1.00 bits per heavy atom. The van der Waals surface area contributed by atoms with Crippen LogP contribution in [0, 0.1) is 0 Å². The lowest BCUT2D eigenvalue weighted by molar-refractivity contribution is 0.0773. The molecule has 0 unspecified atom stereocenters. The maximum Gasteiger partial charge on any atom is 0.256 e. The highest BCUT2D eigenvalue weighted by atomic mass is 79.9. The highest BCUT2D eigenvalue weighted by Gasteiger charge is 2.19. The summed E-state index contributed by atoms with van der Waals surface area (Å²) in [6, 6.07) is 12.5. The number of hydrogen-bond acceptors (Lipinski definition) is 3. The van der Waals surface area contributed by atoms with Gasteiger partial charge < -0.3 is 15.1 Å². The van der Waals surface area contributed by atoms with Gasteiger partial charge in [-0.1, -0.05) is 15.9 Å². The minimum Gasteiger partial charge on any atom is -0.377 e. The number of hydrogen-bond donors (Lipinski definition) is 1. The molecule has 0 bridgehead atoms. The molecular weight excluding hydrogens is 394 g/mol. The second-order valence-corrected chi connectivity index (χ2v) is 6.98. The topological polar surface area (TPSA) is 52.7 Å². The monoisotopic (exact) mass is 417 g/mol. The first-order valence-electron chi connectivity index (χ1n) is 8.54. The zero-order valence-electron chi connectivity index (χ0n) is 15.5. The summed E-state index contributed by atoms with van der Waals surface area (Å²) in [5.41, 5.74) is 2.55. The van der Waals surface area contributed by atoms with E-state index in [0.717, 1.165) is 10.2 Å². The Kier molecular flexibility index (Phi) is 6.80. The van der Waals surface area contributed by atoms with Gasteiger partial charge in [0, 0.05) is 48.6 Å². The molecule has 0 saturated heterocycles. The number of rotatable bonds is 6. The molecule has 2 amide bonds. The van der Waals surface area contributed by atoms with Gasteiger partial charge in [-0.05, 0) is 56.3 Å². The molecule has 0 atom stereocenters. The Hall–Kier alpha value is -2.34. The molecule has 0 aliphatic carbocycles. The number of amides is 2. The molecule has 2 rings (SSSR count). The molecule has 0 heterocycles. The zero-order chi connectivity index (χ0) is 19.3. The van der Waals surface area contributed by atoms with Gasteiger partial charge in [-0.25, -0.2) is 0 Å². The number of halogens is 1. The molecule has 138 valence electrons. The summed E-state index contributed by atoms with van der Waals surface area (Å²) < 4.78 is 0.913. The molecule has 0 aliphatic rings. The molecule has 2 aromatic carbocycles. The predicted octanol–water partition coefficient (Wildman–Crippen LogP) is 4.25. The second kappa shape index (κ2) is 8.85. The number of nitrogens with one attached hydrogen (secondary N) is 1. The van der Waals surface area contributed by atoms with E-state index in [4.69, 9.17) is 0 Å². The van der Waals surface area contributed by atoms with Crippen molar-refractivity contribution in [1.29, 1.82) is 0 Å². The van der Waals surface area contributed by atoms with Crippen LogP contribution in [0.25, 0.3) is 0 Å². The van der Waals surface area contributed by atoms with Crippen molar-refractivity contribution in [2.45, 2.75) is 13.8 Å². The van der Waals surface area contributed by atoms with Gasteiger partial charge in [0.05, 0.1) is 5.56 Å².